The minimum atomic E-state index is -0.267. The average molecular weight is 406 g/mol. The number of hydrogen-bond donors (Lipinski definition) is 1. The summed E-state index contributed by atoms with van der Waals surface area (Å²) in [5, 5.41) is 4.83. The van der Waals surface area contributed by atoms with E-state index in [9.17, 15) is 4.79 Å². The Bertz CT molecular complexity index is 1220. The molecular formula is C20H12BrN3O2. The van der Waals surface area contributed by atoms with E-state index in [4.69, 9.17) is 10.9 Å². The summed E-state index contributed by atoms with van der Waals surface area (Å²) >= 11 is 3.43. The molecule has 0 aliphatic rings. The van der Waals surface area contributed by atoms with Crippen molar-refractivity contribution in [3.05, 3.63) is 80.4 Å². The SMILES string of the molecule is C#Cc1ccccc1Cc1nc(-c2cc3cc(Br)ccc3[nH]c2=O)no1. The molecule has 4 aromatic rings. The molecule has 126 valence electrons. The molecule has 0 saturated carbocycles. The van der Waals surface area contributed by atoms with E-state index in [1.54, 1.807) is 6.07 Å². The van der Waals surface area contributed by atoms with Gasteiger partial charge in [-0.1, -0.05) is 45.2 Å². The highest BCUT2D eigenvalue weighted by Gasteiger charge is 2.14. The Kier molecular flexibility index (Phi) is 4.15. The highest BCUT2D eigenvalue weighted by Crippen LogP contribution is 2.21. The van der Waals surface area contributed by atoms with E-state index in [1.807, 2.05) is 42.5 Å². The van der Waals surface area contributed by atoms with Gasteiger partial charge in [0.2, 0.25) is 11.7 Å². The van der Waals surface area contributed by atoms with Crippen LogP contribution >= 0.6 is 15.9 Å². The van der Waals surface area contributed by atoms with Gasteiger partial charge in [-0.3, -0.25) is 4.79 Å². The zero-order valence-corrected chi connectivity index (χ0v) is 15.1. The molecule has 0 fully saturated rings. The molecule has 0 spiro atoms. The van der Waals surface area contributed by atoms with Crippen molar-refractivity contribution in [2.75, 3.05) is 0 Å². The van der Waals surface area contributed by atoms with E-state index in [-0.39, 0.29) is 11.4 Å². The molecule has 4 rings (SSSR count). The molecule has 0 unspecified atom stereocenters. The second-order valence-electron chi connectivity index (χ2n) is 5.73. The van der Waals surface area contributed by atoms with Crippen LogP contribution in [0.3, 0.4) is 0 Å². The number of benzene rings is 2. The predicted octanol–water partition coefficient (Wildman–Crippen LogP) is 3.91. The Morgan fingerprint density at radius 2 is 2.04 bits per heavy atom. The standard InChI is InChI=1S/C20H12BrN3O2/c1-2-12-5-3-4-6-13(12)11-18-23-19(24-26-18)16-10-14-9-15(21)7-8-17(14)22-20(16)25/h1,3-10H,11H2,(H,22,25). The van der Waals surface area contributed by atoms with Crippen molar-refractivity contribution in [1.82, 2.24) is 15.1 Å². The van der Waals surface area contributed by atoms with Crippen LogP contribution in [0.1, 0.15) is 17.0 Å². The molecule has 2 heterocycles. The van der Waals surface area contributed by atoms with Crippen molar-refractivity contribution in [3.8, 4) is 23.7 Å². The Balaban J connectivity index is 1.72. The van der Waals surface area contributed by atoms with Crippen molar-refractivity contribution in [3.63, 3.8) is 0 Å². The summed E-state index contributed by atoms with van der Waals surface area (Å²) in [5.74, 6) is 3.29. The maximum atomic E-state index is 12.4. The number of terminal acetylenes is 1. The number of aromatic nitrogens is 3. The summed E-state index contributed by atoms with van der Waals surface area (Å²) in [6.07, 6.45) is 5.93. The Labute approximate surface area is 157 Å². The van der Waals surface area contributed by atoms with Gasteiger partial charge in [-0.15, -0.1) is 6.42 Å². The van der Waals surface area contributed by atoms with Crippen LogP contribution in [-0.4, -0.2) is 15.1 Å². The molecule has 2 aromatic heterocycles. The molecule has 1 N–H and O–H groups in total. The lowest BCUT2D eigenvalue weighted by Crippen LogP contribution is -2.09. The fourth-order valence-electron chi connectivity index (χ4n) is 2.76. The second-order valence-corrected chi connectivity index (χ2v) is 6.65. The smallest absolute Gasteiger partial charge is 0.259 e. The number of hydrogen-bond acceptors (Lipinski definition) is 4. The number of nitrogens with zero attached hydrogens (tertiary/aromatic N) is 2. The van der Waals surface area contributed by atoms with Crippen LogP contribution in [0.4, 0.5) is 0 Å². The summed E-state index contributed by atoms with van der Waals surface area (Å²) in [6.45, 7) is 0. The van der Waals surface area contributed by atoms with Gasteiger partial charge in [0.1, 0.15) is 0 Å². The first-order valence-electron chi connectivity index (χ1n) is 7.84. The minimum Gasteiger partial charge on any atom is -0.339 e. The van der Waals surface area contributed by atoms with Crippen LogP contribution in [0, 0.1) is 12.3 Å². The van der Waals surface area contributed by atoms with E-state index in [1.165, 1.54) is 0 Å². The van der Waals surface area contributed by atoms with Crippen LogP contribution in [0.5, 0.6) is 0 Å². The van der Waals surface area contributed by atoms with E-state index < -0.39 is 0 Å². The predicted molar refractivity (Wildman–Crippen MR) is 103 cm³/mol. The lowest BCUT2D eigenvalue weighted by Gasteiger charge is -2.01. The maximum absolute atomic E-state index is 12.4. The summed E-state index contributed by atoms with van der Waals surface area (Å²) in [4.78, 5) is 19.6. The summed E-state index contributed by atoms with van der Waals surface area (Å²) < 4.78 is 6.24. The van der Waals surface area contributed by atoms with E-state index >= 15 is 0 Å². The highest BCUT2D eigenvalue weighted by atomic mass is 79.9. The van der Waals surface area contributed by atoms with Crippen LogP contribution in [0.2, 0.25) is 0 Å². The van der Waals surface area contributed by atoms with Crippen molar-refractivity contribution in [2.45, 2.75) is 6.42 Å². The zero-order chi connectivity index (χ0) is 18.1. The third-order valence-electron chi connectivity index (χ3n) is 4.03. The molecule has 0 saturated heterocycles. The Morgan fingerprint density at radius 3 is 2.88 bits per heavy atom. The molecule has 0 bridgehead atoms. The van der Waals surface area contributed by atoms with Crippen LogP contribution < -0.4 is 5.56 Å². The van der Waals surface area contributed by atoms with Crippen molar-refractivity contribution >= 4 is 26.8 Å². The summed E-state index contributed by atoms with van der Waals surface area (Å²) in [7, 11) is 0. The first-order chi connectivity index (χ1) is 12.6. The summed E-state index contributed by atoms with van der Waals surface area (Å²) in [6, 6.07) is 14.9. The molecule has 0 atom stereocenters. The largest absolute Gasteiger partial charge is 0.339 e. The third-order valence-corrected chi connectivity index (χ3v) is 4.52. The van der Waals surface area contributed by atoms with Gasteiger partial charge in [-0.25, -0.2) is 0 Å². The monoisotopic (exact) mass is 405 g/mol. The van der Waals surface area contributed by atoms with Gasteiger partial charge in [-0.05, 0) is 35.9 Å². The van der Waals surface area contributed by atoms with Gasteiger partial charge in [0.05, 0.1) is 12.0 Å². The number of H-pyrrole nitrogens is 1. The normalized spacial score (nSPS) is 10.8. The van der Waals surface area contributed by atoms with Gasteiger partial charge in [0.25, 0.3) is 5.56 Å². The number of halogens is 1. The second kappa shape index (κ2) is 6.62. The number of nitrogens with one attached hydrogen (secondary N) is 1. The molecule has 26 heavy (non-hydrogen) atoms. The summed E-state index contributed by atoms with van der Waals surface area (Å²) in [5.41, 5.74) is 2.53. The first-order valence-corrected chi connectivity index (χ1v) is 8.63. The molecule has 0 aliphatic heterocycles. The van der Waals surface area contributed by atoms with E-state index in [0.29, 0.717) is 17.9 Å². The molecule has 6 heteroatoms. The highest BCUT2D eigenvalue weighted by molar-refractivity contribution is 9.10. The zero-order valence-electron chi connectivity index (χ0n) is 13.5. The Morgan fingerprint density at radius 1 is 1.19 bits per heavy atom. The Hall–Kier alpha value is -3.17. The minimum absolute atomic E-state index is 0.251. The molecule has 5 nitrogen and oxygen atoms in total. The van der Waals surface area contributed by atoms with Gasteiger partial charge in [0.15, 0.2) is 0 Å². The lowest BCUT2D eigenvalue weighted by atomic mass is 10.1. The molecule has 0 radical (unpaired) electrons. The topological polar surface area (TPSA) is 71.8 Å². The van der Waals surface area contributed by atoms with Crippen LogP contribution in [-0.2, 0) is 6.42 Å². The van der Waals surface area contributed by atoms with Crippen LogP contribution in [0.15, 0.2) is 62.3 Å². The van der Waals surface area contributed by atoms with Crippen molar-refractivity contribution < 1.29 is 4.52 Å². The first kappa shape index (κ1) is 16.3. The average Bonchev–Trinajstić information content (AvgIpc) is 3.10. The van der Waals surface area contributed by atoms with Gasteiger partial charge >= 0.3 is 0 Å². The van der Waals surface area contributed by atoms with Gasteiger partial charge in [0, 0.05) is 20.9 Å². The number of rotatable bonds is 3. The third kappa shape index (κ3) is 3.05. The quantitative estimate of drug-likeness (QED) is 0.524. The molecule has 2 aromatic carbocycles. The van der Waals surface area contributed by atoms with Crippen molar-refractivity contribution in [2.24, 2.45) is 0 Å². The molecule has 0 amide bonds. The number of pyridine rings is 1. The fourth-order valence-corrected chi connectivity index (χ4v) is 3.14. The van der Waals surface area contributed by atoms with E-state index in [2.05, 4.69) is 37.0 Å². The maximum Gasteiger partial charge on any atom is 0.259 e. The fraction of sp³-hybridized carbons (Fsp3) is 0.0500. The van der Waals surface area contributed by atoms with Gasteiger partial charge in [-0.2, -0.15) is 4.98 Å². The van der Waals surface area contributed by atoms with Crippen molar-refractivity contribution in [1.29, 1.82) is 0 Å². The molecular weight excluding hydrogens is 394 g/mol. The van der Waals surface area contributed by atoms with Gasteiger partial charge < -0.3 is 9.51 Å². The number of fused-ring (bicyclic) bond motifs is 1. The van der Waals surface area contributed by atoms with E-state index in [0.717, 1.165) is 26.5 Å². The number of aromatic amines is 1. The lowest BCUT2D eigenvalue weighted by molar-refractivity contribution is 0.385. The molecule has 0 aliphatic carbocycles. The van der Waals surface area contributed by atoms with Crippen LogP contribution in [0.25, 0.3) is 22.3 Å².